The first kappa shape index (κ1) is 29.4. The number of hydrogen-bond acceptors (Lipinski definition) is 10. The predicted molar refractivity (Wildman–Crippen MR) is 133 cm³/mol. The fourth-order valence-electron chi connectivity index (χ4n) is 3.01. The van der Waals surface area contributed by atoms with Crippen molar-refractivity contribution < 1.29 is 33.8 Å². The Morgan fingerprint density at radius 1 is 0.737 bits per heavy atom. The van der Waals surface area contributed by atoms with Gasteiger partial charge in [0.15, 0.2) is 0 Å². The summed E-state index contributed by atoms with van der Waals surface area (Å²) in [7, 11) is 0. The molecule has 0 saturated heterocycles. The van der Waals surface area contributed by atoms with Gasteiger partial charge in [-0.25, -0.2) is 14.6 Å². The largest absolute Gasteiger partial charge is 0.442 e. The first-order valence-corrected chi connectivity index (χ1v) is 11.1. The van der Waals surface area contributed by atoms with Gasteiger partial charge in [0.1, 0.15) is 16.9 Å². The highest BCUT2D eigenvalue weighted by molar-refractivity contribution is 5.93. The molecule has 0 saturated carbocycles. The van der Waals surface area contributed by atoms with E-state index in [0.29, 0.717) is 21.6 Å². The lowest BCUT2D eigenvalue weighted by molar-refractivity contribution is -0.393. The highest BCUT2D eigenvalue weighted by atomic mass is 16.6. The standard InChI is InChI=1S/C23H27N5O10/c1-22(2,3)37-20(29)24(14-15-7-9-16(10-8-15)26(31)32)25(21(30)38-23(4,5)6)18-12-11-17(27(33)34)13-19(18)28(35)36/h7-13H,14H2,1-6H3. The number of non-ortho nitro benzene ring substituents is 2. The van der Waals surface area contributed by atoms with Crippen LogP contribution in [-0.4, -0.2) is 43.2 Å². The number of carbonyl (C=O) groups is 2. The maximum absolute atomic E-state index is 13.4. The average molecular weight is 533 g/mol. The van der Waals surface area contributed by atoms with E-state index in [4.69, 9.17) is 9.47 Å². The number of anilines is 1. The number of hydrazine groups is 1. The maximum Gasteiger partial charge on any atom is 0.434 e. The van der Waals surface area contributed by atoms with E-state index in [1.165, 1.54) is 45.0 Å². The smallest absolute Gasteiger partial charge is 0.434 e. The molecule has 0 bridgehead atoms. The van der Waals surface area contributed by atoms with Crippen LogP contribution in [0.25, 0.3) is 0 Å². The topological polar surface area (TPSA) is 188 Å². The molecule has 15 nitrogen and oxygen atoms in total. The van der Waals surface area contributed by atoms with Crippen LogP contribution in [0.4, 0.5) is 32.3 Å². The third-order valence-corrected chi connectivity index (χ3v) is 4.49. The molecule has 2 aromatic carbocycles. The van der Waals surface area contributed by atoms with E-state index in [1.807, 2.05) is 0 Å². The zero-order chi connectivity index (χ0) is 29.0. The number of carbonyl (C=O) groups excluding carboxylic acids is 2. The van der Waals surface area contributed by atoms with E-state index in [1.54, 1.807) is 20.8 Å². The number of benzene rings is 2. The first-order chi connectivity index (χ1) is 17.4. The highest BCUT2D eigenvalue weighted by Crippen LogP contribution is 2.35. The Labute approximate surface area is 217 Å². The van der Waals surface area contributed by atoms with Crippen molar-refractivity contribution >= 4 is 34.9 Å². The zero-order valence-corrected chi connectivity index (χ0v) is 21.6. The second-order valence-corrected chi connectivity index (χ2v) is 9.94. The minimum absolute atomic E-state index is 0.229. The van der Waals surface area contributed by atoms with Crippen LogP contribution >= 0.6 is 0 Å². The predicted octanol–water partition coefficient (Wildman–Crippen LogP) is 5.51. The Kier molecular flexibility index (Phi) is 8.56. The SMILES string of the molecule is CC(C)(C)OC(=O)N(Cc1ccc([N+](=O)[O-])cc1)N(C(=O)OC(C)(C)C)c1ccc([N+](=O)[O-])cc1[N+](=O)[O-]. The summed E-state index contributed by atoms with van der Waals surface area (Å²) in [4.78, 5) is 58.5. The van der Waals surface area contributed by atoms with Crippen LogP contribution in [0.5, 0.6) is 0 Å². The molecule has 2 rings (SSSR count). The van der Waals surface area contributed by atoms with Crippen molar-refractivity contribution in [3.63, 3.8) is 0 Å². The van der Waals surface area contributed by atoms with Crippen molar-refractivity contribution in [1.82, 2.24) is 5.01 Å². The number of nitro benzene ring substituents is 3. The first-order valence-electron chi connectivity index (χ1n) is 11.1. The Morgan fingerprint density at radius 2 is 1.21 bits per heavy atom. The number of amides is 2. The summed E-state index contributed by atoms with van der Waals surface area (Å²) in [5, 5.41) is 35.4. The van der Waals surface area contributed by atoms with E-state index in [9.17, 15) is 39.9 Å². The summed E-state index contributed by atoms with van der Waals surface area (Å²) in [6.45, 7) is 8.81. The number of nitro groups is 3. The molecule has 0 aliphatic rings. The molecule has 0 radical (unpaired) electrons. The van der Waals surface area contributed by atoms with E-state index >= 15 is 0 Å². The molecule has 2 amide bonds. The number of nitrogens with zero attached hydrogens (tertiary/aromatic N) is 5. The second-order valence-electron chi connectivity index (χ2n) is 9.94. The molecule has 0 aromatic heterocycles. The number of hydrogen-bond donors (Lipinski definition) is 0. The van der Waals surface area contributed by atoms with Gasteiger partial charge >= 0.3 is 17.9 Å². The van der Waals surface area contributed by atoms with Gasteiger partial charge in [0, 0.05) is 18.2 Å². The van der Waals surface area contributed by atoms with Crippen LogP contribution in [0.15, 0.2) is 42.5 Å². The van der Waals surface area contributed by atoms with E-state index in [-0.39, 0.29) is 5.69 Å². The monoisotopic (exact) mass is 533 g/mol. The van der Waals surface area contributed by atoms with Crippen molar-refractivity contribution in [2.24, 2.45) is 0 Å². The molecule has 38 heavy (non-hydrogen) atoms. The molecular formula is C23H27N5O10. The summed E-state index contributed by atoms with van der Waals surface area (Å²) >= 11 is 0. The van der Waals surface area contributed by atoms with Gasteiger partial charge in [-0.05, 0) is 53.2 Å². The van der Waals surface area contributed by atoms with Crippen LogP contribution in [0.1, 0.15) is 47.1 Å². The minimum Gasteiger partial charge on any atom is -0.442 e. The second kappa shape index (κ2) is 11.1. The molecule has 2 aromatic rings. The number of ether oxygens (including phenoxy) is 2. The summed E-state index contributed by atoms with van der Waals surface area (Å²) in [5.74, 6) is 0. The van der Waals surface area contributed by atoms with Gasteiger partial charge in [-0.2, -0.15) is 5.01 Å². The Balaban J connectivity index is 2.77. The third-order valence-electron chi connectivity index (χ3n) is 4.49. The quantitative estimate of drug-likeness (QED) is 0.338. The van der Waals surface area contributed by atoms with Gasteiger partial charge in [0.2, 0.25) is 0 Å². The van der Waals surface area contributed by atoms with E-state index < -0.39 is 61.8 Å². The zero-order valence-electron chi connectivity index (χ0n) is 21.6. The number of rotatable bonds is 6. The normalized spacial score (nSPS) is 11.3. The molecule has 0 atom stereocenters. The maximum atomic E-state index is 13.4. The van der Waals surface area contributed by atoms with Crippen molar-refractivity contribution in [1.29, 1.82) is 0 Å². The molecule has 0 spiro atoms. The van der Waals surface area contributed by atoms with Crippen LogP contribution in [0.3, 0.4) is 0 Å². The van der Waals surface area contributed by atoms with Gasteiger partial charge in [-0.3, -0.25) is 30.3 Å². The van der Waals surface area contributed by atoms with Crippen molar-refractivity contribution in [2.75, 3.05) is 5.01 Å². The molecule has 0 N–H and O–H groups in total. The molecule has 0 aliphatic carbocycles. The average Bonchev–Trinajstić information content (AvgIpc) is 2.76. The van der Waals surface area contributed by atoms with Crippen molar-refractivity contribution in [2.45, 2.75) is 59.3 Å². The molecule has 204 valence electrons. The molecule has 0 fully saturated rings. The summed E-state index contributed by atoms with van der Waals surface area (Å²) < 4.78 is 10.8. The van der Waals surface area contributed by atoms with Crippen molar-refractivity contribution in [3.8, 4) is 0 Å². The molecule has 15 heteroatoms. The molecular weight excluding hydrogens is 506 g/mol. The lowest BCUT2D eigenvalue weighted by Gasteiger charge is -2.36. The van der Waals surface area contributed by atoms with Crippen molar-refractivity contribution in [3.05, 3.63) is 78.4 Å². The lowest BCUT2D eigenvalue weighted by Crippen LogP contribution is -2.52. The van der Waals surface area contributed by atoms with Crippen LogP contribution in [0.2, 0.25) is 0 Å². The van der Waals surface area contributed by atoms with Gasteiger partial charge in [-0.15, -0.1) is 0 Å². The van der Waals surface area contributed by atoms with Gasteiger partial charge in [0.05, 0.1) is 27.4 Å². The fourth-order valence-corrected chi connectivity index (χ4v) is 3.01. The third kappa shape index (κ3) is 7.84. The Bertz CT molecular complexity index is 1250. The molecule has 0 unspecified atom stereocenters. The Hall–Kier alpha value is -4.82. The highest BCUT2D eigenvalue weighted by Gasteiger charge is 2.38. The summed E-state index contributed by atoms with van der Waals surface area (Å²) in [5.41, 5.74) is -4.11. The van der Waals surface area contributed by atoms with Gasteiger partial charge in [0.25, 0.3) is 11.4 Å². The van der Waals surface area contributed by atoms with Crippen LogP contribution < -0.4 is 5.01 Å². The van der Waals surface area contributed by atoms with Crippen LogP contribution in [-0.2, 0) is 16.0 Å². The Morgan fingerprint density at radius 3 is 1.66 bits per heavy atom. The van der Waals surface area contributed by atoms with Gasteiger partial charge in [-0.1, -0.05) is 12.1 Å². The summed E-state index contributed by atoms with van der Waals surface area (Å²) in [6.07, 6.45) is -2.34. The van der Waals surface area contributed by atoms with E-state index in [0.717, 1.165) is 12.1 Å². The molecule has 0 heterocycles. The molecule has 0 aliphatic heterocycles. The van der Waals surface area contributed by atoms with E-state index in [2.05, 4.69) is 0 Å². The summed E-state index contributed by atoms with van der Waals surface area (Å²) in [6, 6.07) is 7.52. The van der Waals surface area contributed by atoms with Crippen LogP contribution in [0, 0.1) is 30.3 Å². The minimum atomic E-state index is -1.22. The fraction of sp³-hybridized carbons (Fsp3) is 0.391. The lowest BCUT2D eigenvalue weighted by atomic mass is 10.2. The van der Waals surface area contributed by atoms with Gasteiger partial charge < -0.3 is 9.47 Å².